The smallest absolute Gasteiger partial charge is 0.416 e. The minimum absolute atomic E-state index is 0.0860. The molecule has 4 rings (SSSR count). The molecule has 46 heavy (non-hydrogen) atoms. The number of sulfonamides is 1. The molecular weight excluding hydrogens is 636 g/mol. The van der Waals surface area contributed by atoms with Crippen LogP contribution in [0, 0.1) is 11.7 Å². The van der Waals surface area contributed by atoms with E-state index in [0.29, 0.717) is 0 Å². The molecule has 3 amide bonds. The van der Waals surface area contributed by atoms with Gasteiger partial charge in [-0.05, 0) is 61.5 Å². The van der Waals surface area contributed by atoms with Gasteiger partial charge in [0.15, 0.2) is 5.75 Å². The molecule has 0 saturated heterocycles. The van der Waals surface area contributed by atoms with Crippen LogP contribution in [0.3, 0.4) is 0 Å². The number of aliphatic carboxylic acids is 1. The molecule has 3 aromatic carbocycles. The van der Waals surface area contributed by atoms with Crippen molar-refractivity contribution >= 4 is 39.3 Å². The van der Waals surface area contributed by atoms with Crippen LogP contribution in [-0.4, -0.2) is 73.5 Å². The Hall–Kier alpha value is -4.86. The number of fused-ring (bicyclic) bond motifs is 1. The van der Waals surface area contributed by atoms with E-state index in [-0.39, 0.29) is 35.8 Å². The summed E-state index contributed by atoms with van der Waals surface area (Å²) in [4.78, 5) is 40.4. The maximum Gasteiger partial charge on any atom is 0.416 e. The zero-order chi connectivity index (χ0) is 34.0. The van der Waals surface area contributed by atoms with E-state index < -0.39 is 68.4 Å². The zero-order valence-electron chi connectivity index (χ0n) is 24.7. The van der Waals surface area contributed by atoms with Gasteiger partial charge in [-0.1, -0.05) is 19.1 Å². The first-order valence-corrected chi connectivity index (χ1v) is 15.3. The van der Waals surface area contributed by atoms with Gasteiger partial charge in [0.1, 0.15) is 18.0 Å². The molecule has 0 fully saturated rings. The van der Waals surface area contributed by atoms with Gasteiger partial charge in [0.25, 0.3) is 15.9 Å². The number of carbonyl (C=O) groups excluding carboxylic acids is 2. The number of nitrogens with one attached hydrogen (secondary N) is 2. The number of amides is 3. The van der Waals surface area contributed by atoms with Crippen molar-refractivity contribution in [3.63, 3.8) is 0 Å². The Labute approximate surface area is 261 Å². The highest BCUT2D eigenvalue weighted by Crippen LogP contribution is 2.36. The van der Waals surface area contributed by atoms with Crippen molar-refractivity contribution in [3.05, 3.63) is 83.7 Å². The van der Waals surface area contributed by atoms with Crippen molar-refractivity contribution in [1.29, 1.82) is 0 Å². The fourth-order valence-electron chi connectivity index (χ4n) is 4.68. The van der Waals surface area contributed by atoms with Crippen LogP contribution < -0.4 is 14.8 Å². The highest BCUT2D eigenvalue weighted by Gasteiger charge is 2.37. The molecule has 3 aromatic rings. The van der Waals surface area contributed by atoms with Crippen molar-refractivity contribution in [2.45, 2.75) is 37.1 Å². The second kappa shape index (κ2) is 13.2. The number of anilines is 2. The fraction of sp³-hybridized carbons (Fsp3) is 0.300. The molecule has 0 saturated carbocycles. The molecule has 1 aliphatic heterocycles. The van der Waals surface area contributed by atoms with E-state index in [1.165, 1.54) is 43.1 Å². The predicted molar refractivity (Wildman–Crippen MR) is 158 cm³/mol. The zero-order valence-corrected chi connectivity index (χ0v) is 25.5. The second-order valence-electron chi connectivity index (χ2n) is 10.7. The van der Waals surface area contributed by atoms with Crippen LogP contribution in [0.2, 0.25) is 0 Å². The third-order valence-corrected chi connectivity index (χ3v) is 8.70. The van der Waals surface area contributed by atoms with Gasteiger partial charge < -0.3 is 25.0 Å². The SMILES string of the molecule is C[C@@H]1CN([C@@H](C)C(=O)O)C(=O)c2cccc(NS(=O)(=O)c3cccc(F)c3)c2O[C@@H]1CN(C)C(=O)Nc1ccc(C(F)(F)F)cc1. The maximum absolute atomic E-state index is 13.8. The Morgan fingerprint density at radius 2 is 1.76 bits per heavy atom. The number of urea groups is 1. The van der Waals surface area contributed by atoms with Crippen LogP contribution in [0.5, 0.6) is 5.75 Å². The number of halogens is 4. The molecule has 0 radical (unpaired) electrons. The first kappa shape index (κ1) is 34.0. The normalized spacial score (nSPS) is 17.5. The van der Waals surface area contributed by atoms with Gasteiger partial charge >= 0.3 is 18.2 Å². The van der Waals surface area contributed by atoms with Gasteiger partial charge in [-0.2, -0.15) is 13.2 Å². The average Bonchev–Trinajstić information content (AvgIpc) is 2.98. The van der Waals surface area contributed by atoms with Crippen LogP contribution in [0.1, 0.15) is 29.8 Å². The number of nitrogens with zero attached hydrogens (tertiary/aromatic N) is 2. The second-order valence-corrected chi connectivity index (χ2v) is 12.4. The molecule has 11 nitrogen and oxygen atoms in total. The number of ether oxygens (including phenoxy) is 1. The molecule has 0 unspecified atom stereocenters. The summed E-state index contributed by atoms with van der Waals surface area (Å²) in [6.45, 7) is 2.65. The van der Waals surface area contributed by atoms with Crippen LogP contribution >= 0.6 is 0 Å². The molecule has 16 heteroatoms. The summed E-state index contributed by atoms with van der Waals surface area (Å²) >= 11 is 0. The first-order valence-electron chi connectivity index (χ1n) is 13.8. The topological polar surface area (TPSA) is 145 Å². The number of alkyl halides is 3. The van der Waals surface area contributed by atoms with Crippen molar-refractivity contribution in [1.82, 2.24) is 9.80 Å². The Morgan fingerprint density at radius 3 is 2.37 bits per heavy atom. The molecule has 1 heterocycles. The van der Waals surface area contributed by atoms with Crippen LogP contribution in [0.4, 0.5) is 33.7 Å². The summed E-state index contributed by atoms with van der Waals surface area (Å²) < 4.78 is 87.5. The molecule has 0 spiro atoms. The molecule has 1 aliphatic rings. The largest absolute Gasteiger partial charge is 0.485 e. The van der Waals surface area contributed by atoms with Gasteiger partial charge in [0.05, 0.1) is 28.3 Å². The van der Waals surface area contributed by atoms with Crippen LogP contribution in [0.15, 0.2) is 71.6 Å². The number of likely N-dealkylation sites (N-methyl/N-ethyl adjacent to an activating group) is 1. The monoisotopic (exact) mass is 666 g/mol. The number of carbonyl (C=O) groups is 3. The Morgan fingerprint density at radius 1 is 1.11 bits per heavy atom. The summed E-state index contributed by atoms with van der Waals surface area (Å²) in [5.74, 6) is -3.73. The molecule has 246 valence electrons. The van der Waals surface area contributed by atoms with E-state index in [4.69, 9.17) is 4.74 Å². The summed E-state index contributed by atoms with van der Waals surface area (Å²) in [5.41, 5.74) is -1.17. The lowest BCUT2D eigenvalue weighted by Crippen LogP contribution is -2.51. The summed E-state index contributed by atoms with van der Waals surface area (Å²) in [5, 5.41) is 12.2. The van der Waals surface area contributed by atoms with E-state index >= 15 is 0 Å². The minimum Gasteiger partial charge on any atom is -0.485 e. The quantitative estimate of drug-likeness (QED) is 0.283. The van der Waals surface area contributed by atoms with E-state index in [1.54, 1.807) is 6.92 Å². The highest BCUT2D eigenvalue weighted by atomic mass is 32.2. The Bertz CT molecular complexity index is 1740. The summed E-state index contributed by atoms with van der Waals surface area (Å²) in [6, 6.07) is 10.0. The molecule has 3 N–H and O–H groups in total. The van der Waals surface area contributed by atoms with Crippen molar-refractivity contribution in [3.8, 4) is 5.75 Å². The number of benzene rings is 3. The highest BCUT2D eigenvalue weighted by molar-refractivity contribution is 7.92. The average molecular weight is 667 g/mol. The van der Waals surface area contributed by atoms with Crippen LogP contribution in [-0.2, 0) is 21.0 Å². The molecular formula is C30H30F4N4O7S. The van der Waals surface area contributed by atoms with Crippen molar-refractivity contribution in [2.75, 3.05) is 30.2 Å². The van der Waals surface area contributed by atoms with Crippen molar-refractivity contribution < 1.29 is 50.2 Å². The van der Waals surface area contributed by atoms with E-state index in [2.05, 4.69) is 10.0 Å². The number of carboxylic acid groups (broad SMARTS) is 1. The lowest BCUT2D eigenvalue weighted by molar-refractivity contribution is -0.142. The van der Waals surface area contributed by atoms with Gasteiger partial charge in [0.2, 0.25) is 0 Å². The standard InChI is InChI=1S/C30H30F4N4O7S/c1-17-15-38(18(2)28(40)41)27(39)23-8-5-9-24(36-46(43,44)22-7-4-6-20(31)14-22)26(23)45-25(17)16-37(3)29(42)35-21-12-10-19(11-13-21)30(32,33)34/h4-14,17-18,25,36H,15-16H2,1-3H3,(H,35,42)(H,40,41)/t17-,18+,25-/m1/s1. The molecule has 0 aromatic heterocycles. The number of carboxylic acids is 1. The number of para-hydroxylation sites is 1. The third-order valence-electron chi connectivity index (χ3n) is 7.33. The maximum atomic E-state index is 13.8. The number of rotatable bonds is 8. The summed E-state index contributed by atoms with van der Waals surface area (Å²) in [6.07, 6.45) is -5.52. The third kappa shape index (κ3) is 7.67. The Kier molecular flexibility index (Phi) is 9.80. The predicted octanol–water partition coefficient (Wildman–Crippen LogP) is 5.12. The lowest BCUT2D eigenvalue weighted by Gasteiger charge is -2.38. The van der Waals surface area contributed by atoms with Gasteiger partial charge in [-0.3, -0.25) is 9.52 Å². The van der Waals surface area contributed by atoms with Crippen LogP contribution in [0.25, 0.3) is 0 Å². The fourth-order valence-corrected chi connectivity index (χ4v) is 5.78. The van der Waals surface area contributed by atoms with E-state index in [0.717, 1.165) is 47.4 Å². The molecule has 0 bridgehead atoms. The van der Waals surface area contributed by atoms with E-state index in [1.807, 2.05) is 0 Å². The molecule has 0 aliphatic carbocycles. The van der Waals surface area contributed by atoms with E-state index in [9.17, 15) is 45.5 Å². The number of hydrogen-bond donors (Lipinski definition) is 3. The number of hydrogen-bond acceptors (Lipinski definition) is 6. The Balaban J connectivity index is 1.67. The minimum atomic E-state index is -4.56. The first-order chi connectivity index (χ1) is 21.5. The van der Waals surface area contributed by atoms with Crippen molar-refractivity contribution in [2.24, 2.45) is 5.92 Å². The summed E-state index contributed by atoms with van der Waals surface area (Å²) in [7, 11) is -3.01. The lowest BCUT2D eigenvalue weighted by atomic mass is 9.99. The van der Waals surface area contributed by atoms with Gasteiger partial charge in [0, 0.05) is 25.2 Å². The van der Waals surface area contributed by atoms with Gasteiger partial charge in [-0.25, -0.2) is 22.4 Å². The molecule has 3 atom stereocenters. The van der Waals surface area contributed by atoms with Gasteiger partial charge in [-0.15, -0.1) is 0 Å².